The molecule has 0 bridgehead atoms. The topological polar surface area (TPSA) is 96.6 Å². The Morgan fingerprint density at radius 3 is 2.55 bits per heavy atom. The van der Waals surface area contributed by atoms with E-state index in [1.165, 1.54) is 22.7 Å². The second kappa shape index (κ2) is 11.2. The van der Waals surface area contributed by atoms with Gasteiger partial charge in [0.25, 0.3) is 11.8 Å². The molecule has 1 spiro atoms. The fourth-order valence-corrected chi connectivity index (χ4v) is 8.34. The number of aromatic nitrogens is 2. The Labute approximate surface area is 280 Å². The number of nitrogens with zero attached hydrogens (tertiary/aromatic N) is 4. The van der Waals surface area contributed by atoms with Crippen molar-refractivity contribution in [3.05, 3.63) is 146 Å². The maximum Gasteiger partial charge on any atom is 0.297 e. The van der Waals surface area contributed by atoms with E-state index >= 15 is 4.79 Å². The van der Waals surface area contributed by atoms with Crippen LogP contribution in [0.4, 0.5) is 15.2 Å². The number of anilines is 2. The minimum Gasteiger partial charge on any atom is -0.450 e. The van der Waals surface area contributed by atoms with E-state index in [0.29, 0.717) is 26.4 Å². The van der Waals surface area contributed by atoms with Gasteiger partial charge in [-0.3, -0.25) is 19.3 Å². The molecule has 232 valence electrons. The van der Waals surface area contributed by atoms with Crippen molar-refractivity contribution in [3.63, 3.8) is 0 Å². The van der Waals surface area contributed by atoms with E-state index in [9.17, 15) is 14.0 Å². The van der Waals surface area contributed by atoms with E-state index in [1.807, 2.05) is 43.3 Å². The summed E-state index contributed by atoms with van der Waals surface area (Å²) in [5.74, 6) is -1.62. The summed E-state index contributed by atoms with van der Waals surface area (Å²) in [5, 5.41) is 9.39. The van der Waals surface area contributed by atoms with E-state index in [-0.39, 0.29) is 34.0 Å². The van der Waals surface area contributed by atoms with Crippen LogP contribution in [-0.2, 0) is 22.6 Å². The number of aryl methyl sites for hydroxylation is 1. The Balaban J connectivity index is 1.32. The van der Waals surface area contributed by atoms with Gasteiger partial charge in [-0.15, -0.1) is 10.2 Å². The van der Waals surface area contributed by atoms with Crippen LogP contribution in [0.5, 0.6) is 0 Å². The molecule has 47 heavy (non-hydrogen) atoms. The lowest BCUT2D eigenvalue weighted by molar-refractivity contribution is -0.121. The number of carbonyl (C=O) groups is 2. The Kier molecular flexibility index (Phi) is 7.01. The van der Waals surface area contributed by atoms with Gasteiger partial charge in [0.15, 0.2) is 15.3 Å². The van der Waals surface area contributed by atoms with Gasteiger partial charge in [0.1, 0.15) is 11.4 Å². The summed E-state index contributed by atoms with van der Waals surface area (Å²) in [6.45, 7) is 2.15. The molecular formula is C35H22ClFN4O4S2. The van der Waals surface area contributed by atoms with Crippen molar-refractivity contribution in [1.82, 2.24) is 10.2 Å². The van der Waals surface area contributed by atoms with Crippen LogP contribution in [0.3, 0.4) is 0 Å². The van der Waals surface area contributed by atoms with Crippen LogP contribution in [0.2, 0.25) is 5.02 Å². The molecule has 2 aliphatic heterocycles. The minimum atomic E-state index is -1.97. The van der Waals surface area contributed by atoms with Crippen LogP contribution in [-0.4, -0.2) is 22.0 Å². The first-order chi connectivity index (χ1) is 22.8. The highest BCUT2D eigenvalue weighted by molar-refractivity contribution is 8.00. The molecule has 12 heteroatoms. The van der Waals surface area contributed by atoms with Gasteiger partial charge in [0.2, 0.25) is 10.9 Å². The molecule has 4 aromatic carbocycles. The molecule has 1 unspecified atom stereocenters. The summed E-state index contributed by atoms with van der Waals surface area (Å²) in [6.07, 6.45) is 0. The van der Waals surface area contributed by atoms with Crippen LogP contribution >= 0.6 is 34.7 Å². The van der Waals surface area contributed by atoms with Crippen LogP contribution < -0.4 is 15.2 Å². The number of hydrogen-bond acceptors (Lipinski definition) is 8. The van der Waals surface area contributed by atoms with Gasteiger partial charge in [-0.2, -0.15) is 0 Å². The lowest BCUT2D eigenvalue weighted by atomic mass is 9.84. The van der Waals surface area contributed by atoms with Crippen molar-refractivity contribution in [3.8, 4) is 0 Å². The van der Waals surface area contributed by atoms with Crippen molar-refractivity contribution in [2.24, 2.45) is 0 Å². The predicted octanol–water partition coefficient (Wildman–Crippen LogP) is 7.49. The number of halogens is 2. The summed E-state index contributed by atoms with van der Waals surface area (Å²) in [7, 11) is 0. The second-order valence-electron chi connectivity index (χ2n) is 11.3. The van der Waals surface area contributed by atoms with Gasteiger partial charge >= 0.3 is 0 Å². The van der Waals surface area contributed by atoms with Crippen LogP contribution in [0.15, 0.2) is 105 Å². The molecule has 0 radical (unpaired) electrons. The molecule has 0 N–H and O–H groups in total. The highest BCUT2D eigenvalue weighted by Gasteiger charge is 2.66. The van der Waals surface area contributed by atoms with E-state index < -0.39 is 28.6 Å². The highest BCUT2D eigenvalue weighted by atomic mass is 35.5. The van der Waals surface area contributed by atoms with E-state index in [2.05, 4.69) is 10.2 Å². The van der Waals surface area contributed by atoms with E-state index in [1.54, 1.807) is 41.3 Å². The minimum absolute atomic E-state index is 0.0346. The maximum atomic E-state index is 15.1. The number of rotatable bonds is 6. The van der Waals surface area contributed by atoms with Crippen molar-refractivity contribution in [1.29, 1.82) is 0 Å². The van der Waals surface area contributed by atoms with Gasteiger partial charge in [-0.05, 0) is 54.4 Å². The number of fused-ring (bicyclic) bond motifs is 5. The molecule has 2 amide bonds. The van der Waals surface area contributed by atoms with E-state index in [0.717, 1.165) is 40.2 Å². The quantitative estimate of drug-likeness (QED) is 0.133. The van der Waals surface area contributed by atoms with Crippen molar-refractivity contribution in [2.45, 2.75) is 29.1 Å². The molecular weight excluding hydrogens is 659 g/mol. The Hall–Kier alpha value is -4.84. The third kappa shape index (κ3) is 4.60. The molecule has 8 rings (SSSR count). The Morgan fingerprint density at radius 1 is 0.936 bits per heavy atom. The molecule has 6 aromatic rings. The van der Waals surface area contributed by atoms with Gasteiger partial charge < -0.3 is 9.32 Å². The number of benzene rings is 4. The molecule has 1 atom stereocenters. The second-order valence-corrected chi connectivity index (χ2v) is 13.9. The Bertz CT molecular complexity index is 2330. The predicted molar refractivity (Wildman–Crippen MR) is 180 cm³/mol. The summed E-state index contributed by atoms with van der Waals surface area (Å²) < 4.78 is 21.1. The number of para-hydroxylation sites is 1. The van der Waals surface area contributed by atoms with E-state index in [4.69, 9.17) is 16.0 Å². The van der Waals surface area contributed by atoms with Gasteiger partial charge in [-0.1, -0.05) is 94.9 Å². The van der Waals surface area contributed by atoms with Crippen molar-refractivity contribution in [2.75, 3.05) is 9.80 Å². The van der Waals surface area contributed by atoms with Crippen molar-refractivity contribution < 1.29 is 18.4 Å². The lowest BCUT2D eigenvalue weighted by Crippen LogP contribution is -2.53. The zero-order chi connectivity index (χ0) is 32.4. The first-order valence-electron chi connectivity index (χ1n) is 14.5. The molecule has 0 saturated carbocycles. The van der Waals surface area contributed by atoms with Crippen molar-refractivity contribution >= 4 is 68.3 Å². The SMILES string of the molecule is Cc1cccc(CN2C(=O)C3(c4ccccc42)c2c(oc4ccc(F)cc4c2=O)C(=O)N3c2nnc(SCc3ccc(Cl)cc3)s2)c1. The highest BCUT2D eigenvalue weighted by Crippen LogP contribution is 2.55. The third-order valence-electron chi connectivity index (χ3n) is 8.37. The fraction of sp³-hybridized carbons (Fsp3) is 0.114. The standard InChI is InChI=1S/C35H22ClFN4O4S2/c1-19-5-4-6-21(15-19)17-40-26-8-3-2-7-25(26)35(32(40)44)28-29(42)24-16-23(37)13-14-27(24)45-30(28)31(43)41(35)33-38-39-34(47-33)46-18-20-9-11-22(36)12-10-20/h2-16H,17-18H2,1H3. The smallest absolute Gasteiger partial charge is 0.297 e. The Morgan fingerprint density at radius 2 is 1.74 bits per heavy atom. The average molecular weight is 681 g/mol. The maximum absolute atomic E-state index is 15.1. The van der Waals surface area contributed by atoms with Crippen LogP contribution in [0, 0.1) is 12.7 Å². The van der Waals surface area contributed by atoms with Crippen LogP contribution in [0.1, 0.15) is 38.4 Å². The van der Waals surface area contributed by atoms with Gasteiger partial charge in [0, 0.05) is 16.3 Å². The monoisotopic (exact) mass is 680 g/mol. The summed E-state index contributed by atoms with van der Waals surface area (Å²) >= 11 is 8.58. The van der Waals surface area contributed by atoms with Gasteiger partial charge in [0.05, 0.1) is 23.2 Å². The fourth-order valence-electron chi connectivity index (χ4n) is 6.36. The zero-order valence-electron chi connectivity index (χ0n) is 24.6. The normalized spacial score (nSPS) is 16.8. The molecule has 8 nitrogen and oxygen atoms in total. The number of amides is 2. The first-order valence-corrected chi connectivity index (χ1v) is 16.7. The summed E-state index contributed by atoms with van der Waals surface area (Å²) in [5.41, 5.74) is 1.08. The molecule has 4 heterocycles. The summed E-state index contributed by atoms with van der Waals surface area (Å²) in [6, 6.07) is 25.8. The molecule has 2 aliphatic rings. The molecule has 0 fully saturated rings. The average Bonchev–Trinajstić information content (AvgIpc) is 3.70. The molecule has 2 aromatic heterocycles. The molecule has 0 aliphatic carbocycles. The number of hydrogen-bond donors (Lipinski definition) is 0. The van der Waals surface area contributed by atoms with Crippen LogP contribution in [0.25, 0.3) is 11.0 Å². The largest absolute Gasteiger partial charge is 0.450 e. The number of thioether (sulfide) groups is 1. The molecule has 0 saturated heterocycles. The third-order valence-corrected chi connectivity index (χ3v) is 10.7. The zero-order valence-corrected chi connectivity index (χ0v) is 27.0. The summed E-state index contributed by atoms with van der Waals surface area (Å²) in [4.78, 5) is 46.8. The lowest BCUT2D eigenvalue weighted by Gasteiger charge is -2.32. The van der Waals surface area contributed by atoms with Gasteiger partial charge in [-0.25, -0.2) is 4.39 Å². The number of carbonyl (C=O) groups excluding carboxylic acids is 2. The first kappa shape index (κ1) is 29.6.